The summed E-state index contributed by atoms with van der Waals surface area (Å²) in [6.45, 7) is 11.5. The summed E-state index contributed by atoms with van der Waals surface area (Å²) in [6.07, 6.45) is -1.89. The molecule has 6 nitrogen and oxygen atoms in total. The fourth-order valence-corrected chi connectivity index (χ4v) is 4.57. The van der Waals surface area contributed by atoms with Crippen LogP contribution < -0.4 is 5.73 Å². The summed E-state index contributed by atoms with van der Waals surface area (Å²) in [6, 6.07) is 9.48. The highest BCUT2D eigenvalue weighted by molar-refractivity contribution is 6.74. The fourth-order valence-electron chi connectivity index (χ4n) is 3.25. The van der Waals surface area contributed by atoms with Gasteiger partial charge in [-0.3, -0.25) is 0 Å². The summed E-state index contributed by atoms with van der Waals surface area (Å²) >= 11 is 0. The Bertz CT molecular complexity index is 621. The van der Waals surface area contributed by atoms with Crippen molar-refractivity contribution >= 4 is 8.32 Å². The lowest BCUT2D eigenvalue weighted by Gasteiger charge is -2.51. The van der Waals surface area contributed by atoms with Crippen LogP contribution in [-0.2, 0) is 23.4 Å². The molecule has 7 heteroatoms. The van der Waals surface area contributed by atoms with Gasteiger partial charge >= 0.3 is 0 Å². The number of hydrogen-bond acceptors (Lipinski definition) is 6. The molecule has 2 saturated heterocycles. The van der Waals surface area contributed by atoms with Crippen LogP contribution in [-0.4, -0.2) is 52.7 Å². The number of rotatable bonds is 4. The Morgan fingerprint density at radius 3 is 2.37 bits per heavy atom. The third-order valence-electron chi connectivity index (χ3n) is 5.93. The number of hydrogen-bond donors (Lipinski definition) is 1. The van der Waals surface area contributed by atoms with E-state index in [1.165, 1.54) is 0 Å². The first kappa shape index (κ1) is 20.9. The summed E-state index contributed by atoms with van der Waals surface area (Å²) in [4.78, 5) is 0. The van der Waals surface area contributed by atoms with E-state index in [2.05, 4.69) is 33.9 Å². The molecular weight excluding hydrogens is 362 g/mol. The molecule has 2 heterocycles. The van der Waals surface area contributed by atoms with E-state index in [-0.39, 0.29) is 23.4 Å². The molecule has 0 saturated carbocycles. The second kappa shape index (κ2) is 7.91. The molecule has 152 valence electrons. The minimum absolute atomic E-state index is 0.0626. The molecule has 0 aromatic heterocycles. The molecule has 3 rings (SSSR count). The van der Waals surface area contributed by atoms with Crippen LogP contribution in [0.4, 0.5) is 0 Å². The minimum Gasteiger partial charge on any atom is -0.409 e. The number of benzene rings is 1. The fraction of sp³-hybridized carbons (Fsp3) is 0.700. The highest BCUT2D eigenvalue weighted by atomic mass is 28.4. The van der Waals surface area contributed by atoms with Gasteiger partial charge in [0.05, 0.1) is 18.8 Å². The predicted molar refractivity (Wildman–Crippen MR) is 106 cm³/mol. The van der Waals surface area contributed by atoms with Crippen LogP contribution in [0, 0.1) is 0 Å². The Kier molecular flexibility index (Phi) is 6.13. The lowest BCUT2D eigenvalue weighted by molar-refractivity contribution is -0.337. The largest absolute Gasteiger partial charge is 0.409 e. The summed E-state index contributed by atoms with van der Waals surface area (Å²) in [5, 5.41) is 0.0626. The summed E-state index contributed by atoms with van der Waals surface area (Å²) in [5.74, 6) is 0. The van der Waals surface area contributed by atoms with Gasteiger partial charge in [0.2, 0.25) is 0 Å². The van der Waals surface area contributed by atoms with Crippen molar-refractivity contribution in [3.63, 3.8) is 0 Å². The molecule has 1 unspecified atom stereocenters. The second-order valence-corrected chi connectivity index (χ2v) is 13.6. The second-order valence-electron chi connectivity index (χ2n) is 8.88. The quantitative estimate of drug-likeness (QED) is 0.790. The van der Waals surface area contributed by atoms with Crippen LogP contribution in [0.1, 0.15) is 32.6 Å². The van der Waals surface area contributed by atoms with Gasteiger partial charge in [-0.1, -0.05) is 51.1 Å². The molecule has 27 heavy (non-hydrogen) atoms. The van der Waals surface area contributed by atoms with Gasteiger partial charge in [0.1, 0.15) is 12.2 Å². The Morgan fingerprint density at radius 2 is 1.78 bits per heavy atom. The maximum Gasteiger partial charge on any atom is 0.192 e. The van der Waals surface area contributed by atoms with E-state index >= 15 is 0 Å². The number of nitrogens with two attached hydrogens (primary N) is 1. The smallest absolute Gasteiger partial charge is 0.192 e. The number of ether oxygens (including phenoxy) is 4. The molecule has 2 N–H and O–H groups in total. The van der Waals surface area contributed by atoms with Crippen molar-refractivity contribution in [2.75, 3.05) is 13.7 Å². The minimum atomic E-state index is -2.07. The van der Waals surface area contributed by atoms with Gasteiger partial charge in [0, 0.05) is 12.7 Å². The van der Waals surface area contributed by atoms with Gasteiger partial charge in [0.15, 0.2) is 20.9 Å². The molecule has 0 bridgehead atoms. The van der Waals surface area contributed by atoms with E-state index in [0.717, 1.165) is 5.56 Å². The SMILES string of the molecule is CO[C@H]1O[C@@H]2COC(c3ccccc3)O[C@H]2[C@H](O[Si](C)(C)C(C)(C)C)[C@H]1N. The molecule has 6 atom stereocenters. The molecule has 2 fully saturated rings. The van der Waals surface area contributed by atoms with E-state index in [9.17, 15) is 0 Å². The third-order valence-corrected chi connectivity index (χ3v) is 10.4. The van der Waals surface area contributed by atoms with E-state index in [0.29, 0.717) is 6.61 Å². The van der Waals surface area contributed by atoms with E-state index < -0.39 is 26.9 Å². The highest BCUT2D eigenvalue weighted by Gasteiger charge is 2.52. The highest BCUT2D eigenvalue weighted by Crippen LogP contribution is 2.41. The molecule has 2 aliphatic rings. The monoisotopic (exact) mass is 395 g/mol. The van der Waals surface area contributed by atoms with Crippen LogP contribution in [0.5, 0.6) is 0 Å². The standard InChI is InChI=1S/C20H33NO5Si/c1-20(2,3)27(5,6)26-17-15(21)19(22-4)24-14-12-23-18(25-16(14)17)13-10-8-7-9-11-13/h7-11,14-19H,12,21H2,1-6H3/t14-,15-,16-,17-,18?,19+/m1/s1. The number of fused-ring (bicyclic) bond motifs is 1. The molecule has 2 aliphatic heterocycles. The predicted octanol–water partition coefficient (Wildman–Crippen LogP) is 3.19. The van der Waals surface area contributed by atoms with Crippen LogP contribution in [0.3, 0.4) is 0 Å². The van der Waals surface area contributed by atoms with Crippen LogP contribution in [0.15, 0.2) is 30.3 Å². The van der Waals surface area contributed by atoms with Gasteiger partial charge in [-0.25, -0.2) is 0 Å². The van der Waals surface area contributed by atoms with Crippen LogP contribution >= 0.6 is 0 Å². The van der Waals surface area contributed by atoms with Gasteiger partial charge < -0.3 is 29.1 Å². The maximum absolute atomic E-state index is 6.71. The van der Waals surface area contributed by atoms with Crippen molar-refractivity contribution in [1.82, 2.24) is 0 Å². The first-order chi connectivity index (χ1) is 12.6. The van der Waals surface area contributed by atoms with E-state index in [1.807, 2.05) is 30.3 Å². The van der Waals surface area contributed by atoms with Crippen molar-refractivity contribution in [1.29, 1.82) is 0 Å². The van der Waals surface area contributed by atoms with Crippen molar-refractivity contribution in [2.45, 2.75) is 75.8 Å². The molecule has 1 aromatic rings. The van der Waals surface area contributed by atoms with Crippen molar-refractivity contribution in [2.24, 2.45) is 5.73 Å². The van der Waals surface area contributed by atoms with E-state index in [4.69, 9.17) is 29.1 Å². The zero-order valence-corrected chi connectivity index (χ0v) is 18.2. The van der Waals surface area contributed by atoms with E-state index in [1.54, 1.807) is 7.11 Å². The van der Waals surface area contributed by atoms with Gasteiger partial charge in [-0.05, 0) is 18.1 Å². The normalized spacial score (nSPS) is 34.9. The Morgan fingerprint density at radius 1 is 1.11 bits per heavy atom. The maximum atomic E-state index is 6.71. The zero-order valence-electron chi connectivity index (χ0n) is 17.2. The van der Waals surface area contributed by atoms with Gasteiger partial charge in [0.25, 0.3) is 0 Å². The molecule has 1 aromatic carbocycles. The topological polar surface area (TPSA) is 72.2 Å². The van der Waals surface area contributed by atoms with Crippen molar-refractivity contribution in [3.05, 3.63) is 35.9 Å². The summed E-state index contributed by atoms with van der Waals surface area (Å²) in [5.41, 5.74) is 7.48. The van der Waals surface area contributed by atoms with Gasteiger partial charge in [-0.2, -0.15) is 0 Å². The van der Waals surface area contributed by atoms with Gasteiger partial charge in [-0.15, -0.1) is 0 Å². The Labute approximate surface area is 163 Å². The van der Waals surface area contributed by atoms with Crippen LogP contribution in [0.2, 0.25) is 18.1 Å². The van der Waals surface area contributed by atoms with Crippen LogP contribution in [0.25, 0.3) is 0 Å². The zero-order chi connectivity index (χ0) is 19.8. The summed E-state index contributed by atoms with van der Waals surface area (Å²) < 4.78 is 30.4. The number of methoxy groups -OCH3 is 1. The third kappa shape index (κ3) is 4.29. The first-order valence-electron chi connectivity index (χ1n) is 9.58. The molecule has 0 amide bonds. The summed E-state index contributed by atoms with van der Waals surface area (Å²) in [7, 11) is -0.463. The average molecular weight is 396 g/mol. The first-order valence-corrected chi connectivity index (χ1v) is 12.5. The molecule has 0 aliphatic carbocycles. The Hall–Kier alpha value is -0.803. The van der Waals surface area contributed by atoms with Crippen molar-refractivity contribution in [3.8, 4) is 0 Å². The molecular formula is C20H33NO5Si. The molecule has 0 radical (unpaired) electrons. The lowest BCUT2D eigenvalue weighted by Crippen LogP contribution is -2.67. The average Bonchev–Trinajstić information content (AvgIpc) is 2.63. The Balaban J connectivity index is 1.85. The lowest BCUT2D eigenvalue weighted by atomic mass is 9.96. The van der Waals surface area contributed by atoms with Crippen molar-refractivity contribution < 1.29 is 23.4 Å². The molecule has 0 spiro atoms.